The predicted molar refractivity (Wildman–Crippen MR) is 133 cm³/mol. The highest BCUT2D eigenvalue weighted by Gasteiger charge is 2.25. The van der Waals surface area contributed by atoms with Gasteiger partial charge in [-0.25, -0.2) is 0 Å². The normalized spacial score (nSPS) is 15.6. The Bertz CT molecular complexity index is 1210. The van der Waals surface area contributed by atoms with Gasteiger partial charge in [0.2, 0.25) is 11.8 Å². The Morgan fingerprint density at radius 3 is 2.32 bits per heavy atom. The third-order valence-corrected chi connectivity index (χ3v) is 6.73. The van der Waals surface area contributed by atoms with E-state index < -0.39 is 24.1 Å². The lowest BCUT2D eigenvalue weighted by molar-refractivity contribution is -0.122. The minimum Gasteiger partial charge on any atom is -0.394 e. The molecule has 1 fully saturated rings. The second kappa shape index (κ2) is 10.7. The summed E-state index contributed by atoms with van der Waals surface area (Å²) in [7, 11) is 0. The Hall–Kier alpha value is -3.45. The summed E-state index contributed by atoms with van der Waals surface area (Å²) in [4.78, 5) is 40.4. The van der Waals surface area contributed by atoms with Gasteiger partial charge in [0, 0.05) is 29.1 Å². The maximum atomic E-state index is 13.7. The lowest BCUT2D eigenvalue weighted by Gasteiger charge is -2.27. The standard InChI is InChI=1S/C27H31N3O4/c28-26(33)24(18-31)29-16-15-21-22(27(29)34)13-8-14-23(21)30(20-11-6-3-7-12-20)25(32)17-19-9-4-1-2-5-10-19/h3,6-8,11-16,19,24,31H,1-2,4-5,9-10,17-18H2,(H2,28,33). The number of fused-ring (bicyclic) bond motifs is 1. The van der Waals surface area contributed by atoms with Crippen LogP contribution in [0.25, 0.3) is 10.8 Å². The van der Waals surface area contributed by atoms with Crippen LogP contribution in [0, 0.1) is 5.92 Å². The first-order chi connectivity index (χ1) is 16.5. The van der Waals surface area contributed by atoms with Gasteiger partial charge in [0.1, 0.15) is 6.04 Å². The Morgan fingerprint density at radius 1 is 0.971 bits per heavy atom. The molecule has 0 spiro atoms. The van der Waals surface area contributed by atoms with E-state index in [9.17, 15) is 19.5 Å². The monoisotopic (exact) mass is 461 g/mol. The van der Waals surface area contributed by atoms with Crippen LogP contribution in [0.2, 0.25) is 0 Å². The van der Waals surface area contributed by atoms with Crippen molar-refractivity contribution in [3.05, 3.63) is 71.1 Å². The number of nitrogens with zero attached hydrogens (tertiary/aromatic N) is 2. The highest BCUT2D eigenvalue weighted by molar-refractivity contribution is 6.08. The van der Waals surface area contributed by atoms with Gasteiger partial charge in [-0.1, -0.05) is 49.9 Å². The Balaban J connectivity index is 1.80. The number of carbonyl (C=O) groups excluding carboxylic acids is 2. The maximum absolute atomic E-state index is 13.7. The minimum absolute atomic E-state index is 0.000138. The van der Waals surface area contributed by atoms with Crippen LogP contribution >= 0.6 is 0 Å². The smallest absolute Gasteiger partial charge is 0.259 e. The molecule has 0 bridgehead atoms. The third-order valence-electron chi connectivity index (χ3n) is 6.73. The van der Waals surface area contributed by atoms with Crippen molar-refractivity contribution in [1.82, 2.24) is 4.57 Å². The van der Waals surface area contributed by atoms with Crippen molar-refractivity contribution in [2.45, 2.75) is 51.0 Å². The number of carbonyl (C=O) groups is 2. The molecule has 0 radical (unpaired) electrons. The number of benzene rings is 2. The molecule has 7 nitrogen and oxygen atoms in total. The molecular formula is C27H31N3O4. The van der Waals surface area contributed by atoms with E-state index >= 15 is 0 Å². The molecule has 4 rings (SSSR count). The van der Waals surface area contributed by atoms with E-state index in [-0.39, 0.29) is 5.91 Å². The number of hydrogen-bond donors (Lipinski definition) is 2. The molecule has 1 saturated carbocycles. The highest BCUT2D eigenvalue weighted by atomic mass is 16.3. The molecule has 7 heteroatoms. The number of aliphatic hydroxyl groups excluding tert-OH is 1. The second-order valence-electron chi connectivity index (χ2n) is 8.99. The molecule has 3 N–H and O–H groups in total. The minimum atomic E-state index is -1.15. The molecule has 178 valence electrons. The first-order valence-corrected chi connectivity index (χ1v) is 11.9. The number of para-hydroxylation sites is 1. The van der Waals surface area contributed by atoms with Crippen molar-refractivity contribution in [2.75, 3.05) is 11.5 Å². The zero-order valence-corrected chi connectivity index (χ0v) is 19.2. The van der Waals surface area contributed by atoms with Crippen LogP contribution < -0.4 is 16.2 Å². The lowest BCUT2D eigenvalue weighted by Crippen LogP contribution is -2.36. The van der Waals surface area contributed by atoms with Gasteiger partial charge < -0.3 is 15.4 Å². The van der Waals surface area contributed by atoms with E-state index in [0.29, 0.717) is 28.8 Å². The molecule has 3 aromatic rings. The summed E-state index contributed by atoms with van der Waals surface area (Å²) >= 11 is 0. The topological polar surface area (TPSA) is 106 Å². The summed E-state index contributed by atoms with van der Waals surface area (Å²) in [6.45, 7) is -0.573. The number of anilines is 2. The summed E-state index contributed by atoms with van der Waals surface area (Å²) in [5, 5.41) is 10.5. The van der Waals surface area contributed by atoms with Crippen LogP contribution in [0.15, 0.2) is 65.6 Å². The van der Waals surface area contributed by atoms with Gasteiger partial charge in [0.05, 0.1) is 12.3 Å². The number of pyridine rings is 1. The molecule has 1 aliphatic rings. The lowest BCUT2D eigenvalue weighted by atomic mass is 9.95. The van der Waals surface area contributed by atoms with Gasteiger partial charge in [0.25, 0.3) is 5.56 Å². The van der Waals surface area contributed by atoms with Crippen molar-refractivity contribution < 1.29 is 14.7 Å². The van der Waals surface area contributed by atoms with E-state index in [1.807, 2.05) is 36.4 Å². The van der Waals surface area contributed by atoms with Crippen LogP contribution in [0.5, 0.6) is 0 Å². The van der Waals surface area contributed by atoms with Gasteiger partial charge in [0.15, 0.2) is 0 Å². The zero-order chi connectivity index (χ0) is 24.1. The Kier molecular flexibility index (Phi) is 7.43. The summed E-state index contributed by atoms with van der Waals surface area (Å²) in [5.41, 5.74) is 6.29. The molecule has 1 aromatic heterocycles. The fourth-order valence-corrected chi connectivity index (χ4v) is 4.93. The molecule has 0 aliphatic heterocycles. The third kappa shape index (κ3) is 4.89. The molecule has 34 heavy (non-hydrogen) atoms. The van der Waals surface area contributed by atoms with Crippen molar-refractivity contribution in [2.24, 2.45) is 11.7 Å². The van der Waals surface area contributed by atoms with E-state index in [2.05, 4.69) is 0 Å². The van der Waals surface area contributed by atoms with E-state index in [4.69, 9.17) is 5.73 Å². The van der Waals surface area contributed by atoms with Gasteiger partial charge in [-0.15, -0.1) is 0 Å². The van der Waals surface area contributed by atoms with Crippen LogP contribution in [0.1, 0.15) is 51.0 Å². The number of rotatable bonds is 7. The molecule has 2 amide bonds. The average Bonchev–Trinajstić information content (AvgIpc) is 3.10. The van der Waals surface area contributed by atoms with Crippen molar-refractivity contribution in [1.29, 1.82) is 0 Å². The van der Waals surface area contributed by atoms with E-state index in [0.717, 1.165) is 35.9 Å². The number of aromatic nitrogens is 1. The molecular weight excluding hydrogens is 430 g/mol. The second-order valence-corrected chi connectivity index (χ2v) is 8.99. The molecule has 1 unspecified atom stereocenters. The Labute approximate surface area is 198 Å². The largest absolute Gasteiger partial charge is 0.394 e. The van der Waals surface area contributed by atoms with Crippen LogP contribution in [-0.4, -0.2) is 28.1 Å². The number of primary amides is 1. The Morgan fingerprint density at radius 2 is 1.68 bits per heavy atom. The van der Waals surface area contributed by atoms with Gasteiger partial charge in [-0.05, 0) is 49.1 Å². The fraction of sp³-hybridized carbons (Fsp3) is 0.370. The van der Waals surface area contributed by atoms with E-state index in [1.165, 1.54) is 19.0 Å². The molecule has 1 heterocycles. The highest BCUT2D eigenvalue weighted by Crippen LogP contribution is 2.34. The first-order valence-electron chi connectivity index (χ1n) is 11.9. The number of aliphatic hydroxyl groups is 1. The van der Waals surface area contributed by atoms with Crippen molar-refractivity contribution in [3.63, 3.8) is 0 Å². The quantitative estimate of drug-likeness (QED) is 0.518. The predicted octanol–water partition coefficient (Wildman–Crippen LogP) is 4.05. The zero-order valence-electron chi connectivity index (χ0n) is 19.2. The molecule has 2 aromatic carbocycles. The van der Waals surface area contributed by atoms with Gasteiger partial charge in [-0.3, -0.25) is 19.3 Å². The molecule has 1 atom stereocenters. The average molecular weight is 462 g/mol. The maximum Gasteiger partial charge on any atom is 0.259 e. The molecule has 0 saturated heterocycles. The van der Waals surface area contributed by atoms with Crippen molar-refractivity contribution >= 4 is 34.0 Å². The number of amides is 2. The van der Waals surface area contributed by atoms with Crippen LogP contribution in [0.4, 0.5) is 11.4 Å². The van der Waals surface area contributed by atoms with Gasteiger partial charge >= 0.3 is 0 Å². The SMILES string of the molecule is NC(=O)C(CO)n1ccc2c(N(C(=O)CC3CCCCCC3)c3ccccc3)cccc2c1=O. The summed E-state index contributed by atoms with van der Waals surface area (Å²) in [5.74, 6) is -0.431. The van der Waals surface area contributed by atoms with Crippen LogP contribution in [0.3, 0.4) is 0 Å². The fourth-order valence-electron chi connectivity index (χ4n) is 4.93. The summed E-state index contributed by atoms with van der Waals surface area (Å²) in [6, 6.07) is 15.2. The summed E-state index contributed by atoms with van der Waals surface area (Å²) in [6.07, 6.45) is 8.79. The molecule has 1 aliphatic carbocycles. The first kappa shape index (κ1) is 23.7. The number of nitrogens with two attached hydrogens (primary N) is 1. The summed E-state index contributed by atoms with van der Waals surface area (Å²) < 4.78 is 1.15. The van der Waals surface area contributed by atoms with Gasteiger partial charge in [-0.2, -0.15) is 0 Å². The number of hydrogen-bond acceptors (Lipinski definition) is 4. The van der Waals surface area contributed by atoms with E-state index in [1.54, 1.807) is 23.1 Å². The van der Waals surface area contributed by atoms with Crippen molar-refractivity contribution in [3.8, 4) is 0 Å². The van der Waals surface area contributed by atoms with Crippen LogP contribution in [-0.2, 0) is 9.59 Å².